The highest BCUT2D eigenvalue weighted by molar-refractivity contribution is 7.89. The second kappa shape index (κ2) is 7.02. The standard InChI is InChI=1S/C14H21N3O3S/c1-12-3-5-14(6-4-12)21(18,19)15-8-9-17(2)11-13-7-10-20-16-13/h3-6,15H,7-11H2,1-2H3. The molecule has 6 nitrogen and oxygen atoms in total. The maximum Gasteiger partial charge on any atom is 0.240 e. The molecule has 7 heteroatoms. The summed E-state index contributed by atoms with van der Waals surface area (Å²) in [7, 11) is -1.50. The van der Waals surface area contributed by atoms with Gasteiger partial charge in [0.25, 0.3) is 0 Å². The molecule has 0 fully saturated rings. The van der Waals surface area contributed by atoms with Crippen molar-refractivity contribution in [1.82, 2.24) is 9.62 Å². The van der Waals surface area contributed by atoms with Crippen LogP contribution >= 0.6 is 0 Å². The van der Waals surface area contributed by atoms with Crippen LogP contribution in [0.25, 0.3) is 0 Å². The largest absolute Gasteiger partial charge is 0.395 e. The van der Waals surface area contributed by atoms with Gasteiger partial charge in [0.1, 0.15) is 6.61 Å². The smallest absolute Gasteiger partial charge is 0.240 e. The lowest BCUT2D eigenvalue weighted by Crippen LogP contribution is -2.35. The number of benzene rings is 1. The molecule has 1 N–H and O–H groups in total. The Kier molecular flexibility index (Phi) is 5.33. The van der Waals surface area contributed by atoms with E-state index in [-0.39, 0.29) is 0 Å². The number of oxime groups is 1. The van der Waals surface area contributed by atoms with Crippen LogP contribution < -0.4 is 4.72 Å². The average molecular weight is 311 g/mol. The van der Waals surface area contributed by atoms with Crippen molar-refractivity contribution in [3.8, 4) is 0 Å². The molecular formula is C14H21N3O3S. The average Bonchev–Trinajstić information content (AvgIpc) is 2.91. The highest BCUT2D eigenvalue weighted by Crippen LogP contribution is 2.09. The molecule has 0 radical (unpaired) electrons. The number of hydrogen-bond donors (Lipinski definition) is 1. The predicted octanol–water partition coefficient (Wildman–Crippen LogP) is 0.981. The monoisotopic (exact) mass is 311 g/mol. The molecule has 0 spiro atoms. The molecule has 0 atom stereocenters. The summed E-state index contributed by atoms with van der Waals surface area (Å²) in [5.41, 5.74) is 2.03. The number of rotatable bonds is 7. The van der Waals surface area contributed by atoms with E-state index in [4.69, 9.17) is 4.84 Å². The lowest BCUT2D eigenvalue weighted by molar-refractivity contribution is 0.173. The van der Waals surface area contributed by atoms with Crippen LogP contribution in [0.2, 0.25) is 0 Å². The Hall–Kier alpha value is -1.44. The molecule has 1 aliphatic rings. The van der Waals surface area contributed by atoms with E-state index >= 15 is 0 Å². The van der Waals surface area contributed by atoms with Gasteiger partial charge in [-0.2, -0.15) is 0 Å². The number of aryl methyl sites for hydroxylation is 1. The zero-order chi connectivity index (χ0) is 15.3. The van der Waals surface area contributed by atoms with Crippen LogP contribution in [-0.4, -0.2) is 52.3 Å². The van der Waals surface area contributed by atoms with Gasteiger partial charge in [-0.3, -0.25) is 4.90 Å². The summed E-state index contributed by atoms with van der Waals surface area (Å²) in [6.45, 7) is 4.24. The second-order valence-electron chi connectivity index (χ2n) is 5.19. The molecule has 1 heterocycles. The fourth-order valence-electron chi connectivity index (χ4n) is 2.02. The molecule has 1 aromatic carbocycles. The molecule has 1 aliphatic heterocycles. The zero-order valence-electron chi connectivity index (χ0n) is 12.4. The van der Waals surface area contributed by atoms with Crippen molar-refractivity contribution in [2.45, 2.75) is 18.2 Å². The van der Waals surface area contributed by atoms with Crippen molar-refractivity contribution in [2.75, 3.05) is 33.3 Å². The molecule has 116 valence electrons. The Morgan fingerprint density at radius 1 is 1.33 bits per heavy atom. The molecule has 0 bridgehead atoms. The highest BCUT2D eigenvalue weighted by atomic mass is 32.2. The fraction of sp³-hybridized carbons (Fsp3) is 0.500. The van der Waals surface area contributed by atoms with Gasteiger partial charge in [-0.15, -0.1) is 0 Å². The number of nitrogens with one attached hydrogen (secondary N) is 1. The summed E-state index contributed by atoms with van der Waals surface area (Å²) in [5, 5.41) is 3.92. The van der Waals surface area contributed by atoms with E-state index in [1.165, 1.54) is 0 Å². The SMILES string of the molecule is Cc1ccc(S(=O)(=O)NCCN(C)CC2=NOCC2)cc1. The minimum atomic E-state index is -3.43. The van der Waals surface area contributed by atoms with E-state index in [1.807, 2.05) is 18.9 Å². The van der Waals surface area contributed by atoms with Gasteiger partial charge in [0.05, 0.1) is 10.6 Å². The van der Waals surface area contributed by atoms with E-state index in [0.717, 1.165) is 17.7 Å². The molecule has 0 unspecified atom stereocenters. The van der Waals surface area contributed by atoms with E-state index in [9.17, 15) is 8.42 Å². The number of likely N-dealkylation sites (N-methyl/N-ethyl adjacent to an activating group) is 1. The van der Waals surface area contributed by atoms with E-state index in [0.29, 0.717) is 31.1 Å². The fourth-order valence-corrected chi connectivity index (χ4v) is 3.04. The van der Waals surface area contributed by atoms with Crippen LogP contribution in [0.1, 0.15) is 12.0 Å². The first-order valence-corrected chi connectivity index (χ1v) is 8.38. The molecule has 2 rings (SSSR count). The Morgan fingerprint density at radius 3 is 2.67 bits per heavy atom. The normalized spacial score (nSPS) is 15.1. The van der Waals surface area contributed by atoms with E-state index in [2.05, 4.69) is 9.88 Å². The van der Waals surface area contributed by atoms with Crippen molar-refractivity contribution in [1.29, 1.82) is 0 Å². The first kappa shape index (κ1) is 15.9. The number of sulfonamides is 1. The topological polar surface area (TPSA) is 71.0 Å². The summed E-state index contributed by atoms with van der Waals surface area (Å²) in [4.78, 5) is 7.25. The lowest BCUT2D eigenvalue weighted by atomic mass is 10.2. The van der Waals surface area contributed by atoms with Gasteiger partial charge in [-0.05, 0) is 26.1 Å². The Bertz CT molecular complexity index is 596. The molecule has 0 saturated carbocycles. The molecule has 0 aromatic heterocycles. The summed E-state index contributed by atoms with van der Waals surface area (Å²) >= 11 is 0. The first-order valence-electron chi connectivity index (χ1n) is 6.90. The molecule has 1 aromatic rings. The molecular weight excluding hydrogens is 290 g/mol. The van der Waals surface area contributed by atoms with Crippen LogP contribution in [0.15, 0.2) is 34.3 Å². The van der Waals surface area contributed by atoms with Gasteiger partial charge in [0.2, 0.25) is 10.0 Å². The van der Waals surface area contributed by atoms with Crippen molar-refractivity contribution in [3.63, 3.8) is 0 Å². The Labute approximate surface area is 125 Å². The zero-order valence-corrected chi connectivity index (χ0v) is 13.2. The van der Waals surface area contributed by atoms with Gasteiger partial charge in [0.15, 0.2) is 0 Å². The van der Waals surface area contributed by atoms with Crippen molar-refractivity contribution >= 4 is 15.7 Å². The van der Waals surface area contributed by atoms with Crippen molar-refractivity contribution in [3.05, 3.63) is 29.8 Å². The maximum atomic E-state index is 12.1. The summed E-state index contributed by atoms with van der Waals surface area (Å²) in [6.07, 6.45) is 0.847. The van der Waals surface area contributed by atoms with Crippen LogP contribution in [-0.2, 0) is 14.9 Å². The summed E-state index contributed by atoms with van der Waals surface area (Å²) < 4.78 is 26.8. The number of nitrogens with zero attached hydrogens (tertiary/aromatic N) is 2. The maximum absolute atomic E-state index is 12.1. The van der Waals surface area contributed by atoms with Crippen LogP contribution in [0.4, 0.5) is 0 Å². The van der Waals surface area contributed by atoms with Gasteiger partial charge in [-0.25, -0.2) is 13.1 Å². The quantitative estimate of drug-likeness (QED) is 0.815. The minimum Gasteiger partial charge on any atom is -0.395 e. The summed E-state index contributed by atoms with van der Waals surface area (Å²) in [5.74, 6) is 0. The van der Waals surface area contributed by atoms with Crippen LogP contribution in [0.3, 0.4) is 0 Å². The highest BCUT2D eigenvalue weighted by Gasteiger charge is 2.14. The molecule has 0 amide bonds. The molecule has 0 aliphatic carbocycles. The Balaban J connectivity index is 1.80. The van der Waals surface area contributed by atoms with Crippen LogP contribution in [0.5, 0.6) is 0 Å². The molecule has 0 saturated heterocycles. The third-order valence-electron chi connectivity index (χ3n) is 3.24. The van der Waals surface area contributed by atoms with Gasteiger partial charge in [0, 0.05) is 26.1 Å². The predicted molar refractivity (Wildman–Crippen MR) is 81.9 cm³/mol. The first-order chi connectivity index (χ1) is 9.97. The minimum absolute atomic E-state index is 0.296. The van der Waals surface area contributed by atoms with Crippen molar-refractivity contribution in [2.24, 2.45) is 5.16 Å². The van der Waals surface area contributed by atoms with Gasteiger partial charge < -0.3 is 4.84 Å². The third kappa shape index (κ3) is 4.80. The molecule has 21 heavy (non-hydrogen) atoms. The Morgan fingerprint density at radius 2 is 2.05 bits per heavy atom. The van der Waals surface area contributed by atoms with Gasteiger partial charge >= 0.3 is 0 Å². The van der Waals surface area contributed by atoms with E-state index in [1.54, 1.807) is 24.3 Å². The number of hydrogen-bond acceptors (Lipinski definition) is 5. The third-order valence-corrected chi connectivity index (χ3v) is 4.72. The van der Waals surface area contributed by atoms with Crippen LogP contribution in [0, 0.1) is 6.92 Å². The van der Waals surface area contributed by atoms with Gasteiger partial charge in [-0.1, -0.05) is 22.9 Å². The lowest BCUT2D eigenvalue weighted by Gasteiger charge is -2.16. The summed E-state index contributed by atoms with van der Waals surface area (Å²) in [6, 6.07) is 6.82. The second-order valence-corrected chi connectivity index (χ2v) is 6.96. The van der Waals surface area contributed by atoms with Crippen molar-refractivity contribution < 1.29 is 13.3 Å². The van der Waals surface area contributed by atoms with E-state index < -0.39 is 10.0 Å².